The van der Waals surface area contributed by atoms with Crippen molar-refractivity contribution in [2.45, 2.75) is 6.43 Å². The Labute approximate surface area is 65.0 Å². The molecule has 1 heterocycles. The van der Waals surface area contributed by atoms with E-state index in [4.69, 9.17) is 0 Å². The van der Waals surface area contributed by atoms with Crippen molar-refractivity contribution in [3.05, 3.63) is 16.6 Å². The average Bonchev–Trinajstić information content (AvgIpc) is 2.11. The van der Waals surface area contributed by atoms with Gasteiger partial charge in [-0.15, -0.1) is 0 Å². The minimum Gasteiger partial charge on any atom is -0.332 e. The minimum absolute atomic E-state index is 0.0833. The van der Waals surface area contributed by atoms with Gasteiger partial charge >= 0.3 is 0 Å². The first-order chi connectivity index (χ1) is 4.63. The number of aryl methyl sites for hydroxylation is 1. The van der Waals surface area contributed by atoms with Crippen LogP contribution in [0.3, 0.4) is 0 Å². The van der Waals surface area contributed by atoms with Crippen LogP contribution in [-0.2, 0) is 7.05 Å². The highest BCUT2D eigenvalue weighted by Crippen LogP contribution is 2.24. The van der Waals surface area contributed by atoms with E-state index in [1.807, 2.05) is 0 Å². The molecule has 0 aromatic carbocycles. The number of alkyl halides is 2. The summed E-state index contributed by atoms with van der Waals surface area (Å²) in [6.07, 6.45) is -1.13. The fraction of sp³-hybridized carbons (Fsp3) is 0.400. The van der Waals surface area contributed by atoms with Crippen molar-refractivity contribution in [2.24, 2.45) is 7.05 Å². The number of nitrogens with zero attached hydrogens (tertiary/aromatic N) is 2. The molecule has 0 aliphatic rings. The number of hydrogen-bond acceptors (Lipinski definition) is 1. The predicted octanol–water partition coefficient (Wildman–Crippen LogP) is 2.12. The molecule has 56 valence electrons. The molecular formula is C5H5BrF2N2. The summed E-state index contributed by atoms with van der Waals surface area (Å²) in [7, 11) is 1.53. The van der Waals surface area contributed by atoms with E-state index in [0.29, 0.717) is 0 Å². The third-order valence-electron chi connectivity index (χ3n) is 1.14. The Balaban J connectivity index is 3.10. The first-order valence-electron chi connectivity index (χ1n) is 2.57. The molecule has 0 saturated carbocycles. The van der Waals surface area contributed by atoms with Crippen molar-refractivity contribution in [1.29, 1.82) is 0 Å². The molecule has 1 aromatic heterocycles. The van der Waals surface area contributed by atoms with Gasteiger partial charge in [-0.05, 0) is 15.9 Å². The highest BCUT2D eigenvalue weighted by molar-refractivity contribution is 9.10. The van der Waals surface area contributed by atoms with Crippen LogP contribution in [0.4, 0.5) is 8.78 Å². The van der Waals surface area contributed by atoms with Gasteiger partial charge in [0.2, 0.25) is 0 Å². The Morgan fingerprint density at radius 2 is 2.30 bits per heavy atom. The molecule has 0 aliphatic heterocycles. The van der Waals surface area contributed by atoms with Crippen molar-refractivity contribution in [3.8, 4) is 0 Å². The molecule has 0 aliphatic carbocycles. The van der Waals surface area contributed by atoms with E-state index in [1.165, 1.54) is 17.9 Å². The van der Waals surface area contributed by atoms with Crippen molar-refractivity contribution in [1.82, 2.24) is 9.55 Å². The van der Waals surface area contributed by atoms with E-state index in [1.54, 1.807) is 0 Å². The predicted molar refractivity (Wildman–Crippen MR) is 35.9 cm³/mol. The van der Waals surface area contributed by atoms with E-state index in [2.05, 4.69) is 20.9 Å². The molecule has 0 saturated heterocycles. The average molecular weight is 211 g/mol. The summed E-state index contributed by atoms with van der Waals surface area (Å²) in [5.41, 5.74) is -0.0833. The molecule has 1 rings (SSSR count). The molecule has 0 fully saturated rings. The highest BCUT2D eigenvalue weighted by Gasteiger charge is 2.15. The van der Waals surface area contributed by atoms with Crippen LogP contribution < -0.4 is 0 Å². The summed E-state index contributed by atoms with van der Waals surface area (Å²) in [5.74, 6) is 0. The summed E-state index contributed by atoms with van der Waals surface area (Å²) < 4.78 is 25.6. The Morgan fingerprint density at radius 1 is 1.70 bits per heavy atom. The summed E-state index contributed by atoms with van der Waals surface area (Å²) in [4.78, 5) is 3.64. The lowest BCUT2D eigenvalue weighted by molar-refractivity contribution is 0.141. The molecular weight excluding hydrogens is 206 g/mol. The van der Waals surface area contributed by atoms with Crippen LogP contribution in [0, 0.1) is 0 Å². The van der Waals surface area contributed by atoms with E-state index >= 15 is 0 Å². The number of rotatable bonds is 1. The molecule has 1 aromatic rings. The van der Waals surface area contributed by atoms with Gasteiger partial charge in [0.05, 0.1) is 6.33 Å². The topological polar surface area (TPSA) is 17.8 Å². The lowest BCUT2D eigenvalue weighted by Crippen LogP contribution is -1.94. The smallest absolute Gasteiger partial charge is 0.281 e. The first kappa shape index (κ1) is 7.65. The molecule has 10 heavy (non-hydrogen) atoms. The van der Waals surface area contributed by atoms with Gasteiger partial charge in [0.1, 0.15) is 10.3 Å². The lowest BCUT2D eigenvalue weighted by Gasteiger charge is -1.98. The van der Waals surface area contributed by atoms with Crippen LogP contribution in [0.25, 0.3) is 0 Å². The molecule has 0 atom stereocenters. The highest BCUT2D eigenvalue weighted by atomic mass is 79.9. The van der Waals surface area contributed by atoms with E-state index in [0.717, 1.165) is 0 Å². The zero-order valence-corrected chi connectivity index (χ0v) is 6.77. The summed E-state index contributed by atoms with van der Waals surface area (Å²) in [5, 5.41) is 0. The normalized spacial score (nSPS) is 10.9. The summed E-state index contributed by atoms with van der Waals surface area (Å²) in [6, 6.07) is 0. The monoisotopic (exact) mass is 210 g/mol. The molecule has 0 N–H and O–H groups in total. The van der Waals surface area contributed by atoms with Gasteiger partial charge < -0.3 is 4.57 Å². The van der Waals surface area contributed by atoms with E-state index in [9.17, 15) is 8.78 Å². The van der Waals surface area contributed by atoms with Gasteiger partial charge in [-0.25, -0.2) is 13.8 Å². The largest absolute Gasteiger partial charge is 0.332 e. The van der Waals surface area contributed by atoms with Crippen LogP contribution in [-0.4, -0.2) is 9.55 Å². The molecule has 0 amide bonds. The Morgan fingerprint density at radius 3 is 2.50 bits per heavy atom. The molecule has 5 heteroatoms. The fourth-order valence-corrected chi connectivity index (χ4v) is 1.20. The minimum atomic E-state index is -2.47. The van der Waals surface area contributed by atoms with Gasteiger partial charge in [-0.3, -0.25) is 0 Å². The molecule has 2 nitrogen and oxygen atoms in total. The van der Waals surface area contributed by atoms with Crippen molar-refractivity contribution in [3.63, 3.8) is 0 Å². The van der Waals surface area contributed by atoms with Crippen LogP contribution in [0.5, 0.6) is 0 Å². The molecule has 0 spiro atoms. The number of imidazole rings is 1. The third kappa shape index (κ3) is 1.18. The fourth-order valence-electron chi connectivity index (χ4n) is 0.655. The van der Waals surface area contributed by atoms with Gasteiger partial charge in [0, 0.05) is 7.05 Å². The second-order valence-electron chi connectivity index (χ2n) is 1.83. The Hall–Kier alpha value is -0.450. The van der Waals surface area contributed by atoms with Gasteiger partial charge in [0.15, 0.2) is 0 Å². The van der Waals surface area contributed by atoms with E-state index < -0.39 is 6.43 Å². The first-order valence-corrected chi connectivity index (χ1v) is 3.37. The summed E-state index contributed by atoms with van der Waals surface area (Å²) >= 11 is 2.91. The second-order valence-corrected chi connectivity index (χ2v) is 2.58. The Bertz CT molecular complexity index is 214. The van der Waals surface area contributed by atoms with Crippen LogP contribution in [0.15, 0.2) is 10.9 Å². The van der Waals surface area contributed by atoms with Crippen molar-refractivity contribution in [2.75, 3.05) is 0 Å². The summed E-state index contributed by atoms with van der Waals surface area (Å²) in [6.45, 7) is 0. The van der Waals surface area contributed by atoms with E-state index in [-0.39, 0.29) is 10.3 Å². The standard InChI is InChI=1S/C5H5BrF2N2/c1-10-2-9-4(6)3(10)5(7)8/h2,5H,1H3. The maximum atomic E-state index is 12.0. The molecule has 0 radical (unpaired) electrons. The van der Waals surface area contributed by atoms with Crippen molar-refractivity contribution < 1.29 is 8.78 Å². The number of hydrogen-bond donors (Lipinski definition) is 0. The number of aromatic nitrogens is 2. The zero-order chi connectivity index (χ0) is 7.72. The number of halogens is 3. The molecule has 0 bridgehead atoms. The maximum Gasteiger partial charge on any atom is 0.281 e. The molecule has 0 unspecified atom stereocenters. The zero-order valence-electron chi connectivity index (χ0n) is 5.18. The maximum absolute atomic E-state index is 12.0. The SMILES string of the molecule is Cn1cnc(Br)c1C(F)F. The quantitative estimate of drug-likeness (QED) is 0.695. The van der Waals surface area contributed by atoms with Gasteiger partial charge in [-0.2, -0.15) is 0 Å². The lowest BCUT2D eigenvalue weighted by atomic mass is 10.5. The van der Waals surface area contributed by atoms with Crippen molar-refractivity contribution >= 4 is 15.9 Å². The van der Waals surface area contributed by atoms with Crippen LogP contribution in [0.1, 0.15) is 12.1 Å². The Kier molecular flexibility index (Phi) is 2.03. The van der Waals surface area contributed by atoms with Gasteiger partial charge in [-0.1, -0.05) is 0 Å². The second kappa shape index (κ2) is 2.65. The van der Waals surface area contributed by atoms with Crippen LogP contribution >= 0.6 is 15.9 Å². The third-order valence-corrected chi connectivity index (χ3v) is 1.75. The van der Waals surface area contributed by atoms with Gasteiger partial charge in [0.25, 0.3) is 6.43 Å². The van der Waals surface area contributed by atoms with Crippen LogP contribution in [0.2, 0.25) is 0 Å².